The predicted molar refractivity (Wildman–Crippen MR) is 182 cm³/mol. The molecule has 4 aromatic rings. The molecule has 48 heavy (non-hydrogen) atoms. The highest BCUT2D eigenvalue weighted by molar-refractivity contribution is 6.62. The molecule has 1 atom stereocenters. The van der Waals surface area contributed by atoms with Crippen LogP contribution in [-0.2, 0) is 27.1 Å². The van der Waals surface area contributed by atoms with Crippen LogP contribution < -0.4 is 15.1 Å². The summed E-state index contributed by atoms with van der Waals surface area (Å²) in [4.78, 5) is 31.2. The summed E-state index contributed by atoms with van der Waals surface area (Å²) in [5, 5.41) is 0.856. The summed E-state index contributed by atoms with van der Waals surface area (Å²) < 4.78 is 40.3. The van der Waals surface area contributed by atoms with Gasteiger partial charge in [-0.1, -0.05) is 24.3 Å². The van der Waals surface area contributed by atoms with E-state index in [1.165, 1.54) is 12.1 Å². The molecule has 1 unspecified atom stereocenters. The number of halogens is 1. The first-order valence-corrected chi connectivity index (χ1v) is 16.4. The van der Waals surface area contributed by atoms with Crippen LogP contribution in [0.3, 0.4) is 0 Å². The zero-order valence-electron chi connectivity index (χ0n) is 28.7. The van der Waals surface area contributed by atoms with Crippen LogP contribution in [0.15, 0.2) is 60.7 Å². The van der Waals surface area contributed by atoms with E-state index < -0.39 is 42.0 Å². The van der Waals surface area contributed by atoms with Gasteiger partial charge in [0.25, 0.3) is 5.91 Å². The van der Waals surface area contributed by atoms with E-state index >= 15 is 0 Å². The number of carbonyl (C=O) groups is 2. The van der Waals surface area contributed by atoms with Gasteiger partial charge < -0.3 is 28.6 Å². The molecule has 3 aliphatic rings. The van der Waals surface area contributed by atoms with E-state index in [1.807, 2.05) is 103 Å². The topological polar surface area (TPSA) is 82.5 Å². The van der Waals surface area contributed by atoms with Crippen molar-refractivity contribution in [2.24, 2.45) is 0 Å². The van der Waals surface area contributed by atoms with Gasteiger partial charge in [-0.2, -0.15) is 0 Å². The number of benzene rings is 3. The molecular weight excluding hydrogens is 612 g/mol. The fourth-order valence-electron chi connectivity index (χ4n) is 6.78. The third-order valence-corrected chi connectivity index (χ3v) is 9.91. The second-order valence-electron chi connectivity index (χ2n) is 14.9. The first-order chi connectivity index (χ1) is 22.5. The average molecular weight is 654 g/mol. The molecule has 0 aliphatic carbocycles. The second kappa shape index (κ2) is 11.1. The molecule has 3 aliphatic heterocycles. The fourth-order valence-corrected chi connectivity index (χ4v) is 6.78. The van der Waals surface area contributed by atoms with Crippen LogP contribution in [-0.4, -0.2) is 59.0 Å². The largest absolute Gasteiger partial charge is 0.494 e. The summed E-state index contributed by atoms with van der Waals surface area (Å²) in [5.74, 6) is -0.0892. The Morgan fingerprint density at radius 2 is 1.69 bits per heavy atom. The summed E-state index contributed by atoms with van der Waals surface area (Å²) >= 11 is 0. The van der Waals surface area contributed by atoms with Crippen molar-refractivity contribution in [3.05, 3.63) is 88.9 Å². The molecule has 1 saturated heterocycles. The summed E-state index contributed by atoms with van der Waals surface area (Å²) in [6, 6.07) is 17.9. The Morgan fingerprint density at radius 1 is 1.00 bits per heavy atom. The van der Waals surface area contributed by atoms with Crippen LogP contribution in [0.25, 0.3) is 10.9 Å². The summed E-state index contributed by atoms with van der Waals surface area (Å²) in [5.41, 5.74) is 3.54. The van der Waals surface area contributed by atoms with E-state index in [0.29, 0.717) is 47.8 Å². The SMILES string of the molecule is CN1c2ccc(F)cc2C(=O)N2CCc3c(n(C(=O)OC(C)(C)C)c4ccc(OCc5ccc(B6OC(C)(C)C(C)(C)O6)cc5)cc34)C21. The van der Waals surface area contributed by atoms with Crippen molar-refractivity contribution in [2.45, 2.75) is 84.5 Å². The number of amides is 1. The van der Waals surface area contributed by atoms with Crippen molar-refractivity contribution < 1.29 is 32.8 Å². The van der Waals surface area contributed by atoms with Crippen LogP contribution in [0.1, 0.15) is 81.8 Å². The summed E-state index contributed by atoms with van der Waals surface area (Å²) in [6.45, 7) is 14.4. The van der Waals surface area contributed by atoms with Gasteiger partial charge in [-0.05, 0) is 108 Å². The number of hydrogen-bond donors (Lipinski definition) is 0. The molecule has 0 radical (unpaired) electrons. The molecule has 0 saturated carbocycles. The highest BCUT2D eigenvalue weighted by atomic mass is 19.1. The lowest BCUT2D eigenvalue weighted by Gasteiger charge is -2.46. The Kier molecular flexibility index (Phi) is 7.45. The Hall–Kier alpha value is -4.35. The van der Waals surface area contributed by atoms with Gasteiger partial charge >= 0.3 is 13.2 Å². The lowest BCUT2D eigenvalue weighted by molar-refractivity contribution is 0.00578. The van der Waals surface area contributed by atoms with Crippen molar-refractivity contribution in [2.75, 3.05) is 18.5 Å². The zero-order valence-corrected chi connectivity index (χ0v) is 28.7. The van der Waals surface area contributed by atoms with Gasteiger partial charge in [-0.25, -0.2) is 13.8 Å². The van der Waals surface area contributed by atoms with E-state index in [2.05, 4.69) is 0 Å². The van der Waals surface area contributed by atoms with E-state index in [4.69, 9.17) is 18.8 Å². The first-order valence-electron chi connectivity index (χ1n) is 16.4. The first kappa shape index (κ1) is 32.2. The molecule has 1 aromatic heterocycles. The molecule has 0 bridgehead atoms. The molecule has 9 nitrogen and oxygen atoms in total. The van der Waals surface area contributed by atoms with Gasteiger partial charge in [-0.3, -0.25) is 4.79 Å². The highest BCUT2D eigenvalue weighted by Gasteiger charge is 2.51. The minimum Gasteiger partial charge on any atom is -0.489 e. The minimum atomic E-state index is -0.742. The van der Waals surface area contributed by atoms with Gasteiger partial charge in [0.05, 0.1) is 33.7 Å². The van der Waals surface area contributed by atoms with Gasteiger partial charge in [0.15, 0.2) is 0 Å². The molecule has 0 spiro atoms. The number of aromatic nitrogens is 1. The number of fused-ring (bicyclic) bond motifs is 6. The van der Waals surface area contributed by atoms with Gasteiger partial charge in [0, 0.05) is 19.0 Å². The monoisotopic (exact) mass is 653 g/mol. The van der Waals surface area contributed by atoms with Crippen molar-refractivity contribution in [1.82, 2.24) is 9.47 Å². The zero-order chi connectivity index (χ0) is 34.3. The smallest absolute Gasteiger partial charge is 0.489 e. The number of nitrogens with zero attached hydrogens (tertiary/aromatic N) is 3. The fraction of sp³-hybridized carbons (Fsp3) is 0.405. The molecular formula is C37H41BFN3O6. The third kappa shape index (κ3) is 5.33. The molecule has 11 heteroatoms. The van der Waals surface area contributed by atoms with Gasteiger partial charge in [0.2, 0.25) is 0 Å². The predicted octanol–water partition coefficient (Wildman–Crippen LogP) is 6.59. The Labute approximate surface area is 280 Å². The lowest BCUT2D eigenvalue weighted by Crippen LogP contribution is -2.52. The standard InChI is InChI=1S/C37H41BFN3O6/c1-35(2,3)46-34(44)42-30-16-14-25(45-21-22-9-11-23(12-10-22)38-47-36(4,5)37(6,7)48-38)20-27(30)26-17-18-41-32(31(26)42)40(8)29-15-13-24(39)19-28(29)33(41)43/h9-16,19-20,32H,17-18,21H2,1-8H3. The number of hydrogen-bond acceptors (Lipinski definition) is 7. The highest BCUT2D eigenvalue weighted by Crippen LogP contribution is 2.45. The molecule has 3 aromatic carbocycles. The Bertz CT molecular complexity index is 1930. The summed E-state index contributed by atoms with van der Waals surface area (Å²) in [7, 11) is 1.43. The Balaban J connectivity index is 1.21. The van der Waals surface area contributed by atoms with E-state index in [0.717, 1.165) is 22.0 Å². The molecule has 1 fully saturated rings. The van der Waals surface area contributed by atoms with Crippen molar-refractivity contribution in [3.8, 4) is 5.75 Å². The van der Waals surface area contributed by atoms with Crippen molar-refractivity contribution in [3.63, 3.8) is 0 Å². The molecule has 4 heterocycles. The molecule has 1 amide bonds. The summed E-state index contributed by atoms with van der Waals surface area (Å²) in [6.07, 6.45) is -0.616. The number of carbonyl (C=O) groups excluding carboxylic acids is 2. The maximum Gasteiger partial charge on any atom is 0.494 e. The van der Waals surface area contributed by atoms with E-state index in [9.17, 15) is 14.0 Å². The van der Waals surface area contributed by atoms with Gasteiger partial charge in [0.1, 0.15) is 29.9 Å². The van der Waals surface area contributed by atoms with Crippen molar-refractivity contribution in [1.29, 1.82) is 0 Å². The van der Waals surface area contributed by atoms with Crippen LogP contribution in [0.4, 0.5) is 14.9 Å². The van der Waals surface area contributed by atoms with Crippen LogP contribution in [0, 0.1) is 5.82 Å². The van der Waals surface area contributed by atoms with E-state index in [-0.39, 0.29) is 5.91 Å². The molecule has 7 rings (SSSR count). The molecule has 250 valence electrons. The Morgan fingerprint density at radius 3 is 2.35 bits per heavy atom. The number of rotatable bonds is 4. The lowest BCUT2D eigenvalue weighted by atomic mass is 9.79. The van der Waals surface area contributed by atoms with Crippen LogP contribution in [0.2, 0.25) is 0 Å². The number of ether oxygens (including phenoxy) is 2. The second-order valence-corrected chi connectivity index (χ2v) is 14.9. The van der Waals surface area contributed by atoms with Crippen LogP contribution >= 0.6 is 0 Å². The maximum absolute atomic E-state index is 14.2. The van der Waals surface area contributed by atoms with Gasteiger partial charge in [-0.15, -0.1) is 0 Å². The van der Waals surface area contributed by atoms with Crippen molar-refractivity contribution >= 4 is 41.2 Å². The minimum absolute atomic E-state index is 0.271. The average Bonchev–Trinajstić information content (AvgIpc) is 3.46. The number of anilines is 1. The van der Waals surface area contributed by atoms with E-state index in [1.54, 1.807) is 15.5 Å². The third-order valence-electron chi connectivity index (χ3n) is 9.91. The normalized spacial score (nSPS) is 19.6. The quantitative estimate of drug-likeness (QED) is 0.230. The van der Waals surface area contributed by atoms with Crippen LogP contribution in [0.5, 0.6) is 5.75 Å². The maximum atomic E-state index is 14.2. The molecule has 0 N–H and O–H groups in total.